The summed E-state index contributed by atoms with van der Waals surface area (Å²) in [5.41, 5.74) is 2.12. The highest BCUT2D eigenvalue weighted by Gasteiger charge is 2.21. The number of para-hydroxylation sites is 1. The number of anilines is 5. The van der Waals surface area contributed by atoms with E-state index in [1.165, 1.54) is 12.3 Å². The number of hydrogen-bond acceptors (Lipinski definition) is 9. The van der Waals surface area contributed by atoms with Crippen molar-refractivity contribution < 1.29 is 13.2 Å². The van der Waals surface area contributed by atoms with Gasteiger partial charge in [-0.25, -0.2) is 18.1 Å². The summed E-state index contributed by atoms with van der Waals surface area (Å²) in [4.78, 5) is 13.5. The van der Waals surface area contributed by atoms with E-state index >= 15 is 0 Å². The summed E-state index contributed by atoms with van der Waals surface area (Å²) in [6, 6.07) is 12.3. The summed E-state index contributed by atoms with van der Waals surface area (Å²) in [6.07, 6.45) is 1.45. The number of benzene rings is 2. The minimum atomic E-state index is -3.75. The van der Waals surface area contributed by atoms with Crippen LogP contribution in [0, 0.1) is 0 Å². The topological polar surface area (TPSA) is 112 Å². The number of ether oxygens (including phenoxy) is 1. The van der Waals surface area contributed by atoms with E-state index in [9.17, 15) is 8.42 Å². The Morgan fingerprint density at radius 1 is 1.03 bits per heavy atom. The Hall–Kier alpha value is -3.12. The molecule has 1 fully saturated rings. The normalized spacial score (nSPS) is 14.6. The molecule has 1 saturated heterocycles. The Kier molecular flexibility index (Phi) is 8.38. The quantitative estimate of drug-likeness (QED) is 0.366. The molecule has 1 aliphatic rings. The van der Waals surface area contributed by atoms with Crippen LogP contribution in [0.3, 0.4) is 0 Å². The fourth-order valence-corrected chi connectivity index (χ4v) is 5.54. The lowest BCUT2D eigenvalue weighted by Gasteiger charge is -2.34. The summed E-state index contributed by atoms with van der Waals surface area (Å²) in [6.45, 7) is 7.44. The van der Waals surface area contributed by atoms with Gasteiger partial charge in [-0.3, -0.25) is 0 Å². The zero-order chi connectivity index (χ0) is 26.6. The maximum atomic E-state index is 12.8. The lowest BCUT2D eigenvalue weighted by atomic mass is 10.2. The number of hydrogen-bond donors (Lipinski definition) is 3. The van der Waals surface area contributed by atoms with Crippen LogP contribution in [0.2, 0.25) is 5.02 Å². The van der Waals surface area contributed by atoms with Gasteiger partial charge in [0, 0.05) is 44.0 Å². The summed E-state index contributed by atoms with van der Waals surface area (Å²) in [7, 11) is -0.00232. The summed E-state index contributed by atoms with van der Waals surface area (Å²) < 4.78 is 33.9. The molecule has 0 saturated carbocycles. The largest absolute Gasteiger partial charge is 0.494 e. The monoisotopic (exact) mass is 545 g/mol. The number of rotatable bonds is 9. The van der Waals surface area contributed by atoms with Gasteiger partial charge in [0.15, 0.2) is 5.82 Å². The van der Waals surface area contributed by atoms with Crippen LogP contribution in [-0.4, -0.2) is 69.7 Å². The minimum Gasteiger partial charge on any atom is -0.494 e. The SMILES string of the molecule is COc1cc(N2CCN(C)CC2)ccc1Nc1ncc(Cl)c(Nc2ccccc2S(=O)(=O)NC(C)C)n1. The summed E-state index contributed by atoms with van der Waals surface area (Å²) >= 11 is 6.36. The van der Waals surface area contributed by atoms with Crippen LogP contribution in [0.5, 0.6) is 5.75 Å². The van der Waals surface area contributed by atoms with Gasteiger partial charge in [0.25, 0.3) is 0 Å². The zero-order valence-corrected chi connectivity index (χ0v) is 22.9. The highest BCUT2D eigenvalue weighted by atomic mass is 35.5. The number of halogens is 1. The van der Waals surface area contributed by atoms with Gasteiger partial charge in [0.1, 0.15) is 15.7 Å². The molecule has 2 heterocycles. The van der Waals surface area contributed by atoms with Gasteiger partial charge in [0.05, 0.1) is 24.7 Å². The lowest BCUT2D eigenvalue weighted by molar-refractivity contribution is 0.312. The number of piperazine rings is 1. The first kappa shape index (κ1) is 26.9. The molecule has 198 valence electrons. The molecular formula is C25H32ClN7O3S. The zero-order valence-electron chi connectivity index (χ0n) is 21.3. The van der Waals surface area contributed by atoms with Crippen molar-refractivity contribution in [3.8, 4) is 5.75 Å². The molecule has 0 spiro atoms. The van der Waals surface area contributed by atoms with Crippen molar-refractivity contribution in [2.45, 2.75) is 24.8 Å². The van der Waals surface area contributed by atoms with Gasteiger partial charge >= 0.3 is 0 Å². The lowest BCUT2D eigenvalue weighted by Crippen LogP contribution is -2.44. The Bertz CT molecular complexity index is 1350. The molecule has 1 aromatic heterocycles. The molecule has 1 aliphatic heterocycles. The van der Waals surface area contributed by atoms with E-state index < -0.39 is 10.0 Å². The van der Waals surface area contributed by atoms with E-state index in [2.05, 4.69) is 42.2 Å². The number of aromatic nitrogens is 2. The van der Waals surface area contributed by atoms with E-state index in [4.69, 9.17) is 16.3 Å². The number of sulfonamides is 1. The number of nitrogens with zero attached hydrogens (tertiary/aromatic N) is 4. The minimum absolute atomic E-state index is 0.0917. The fraction of sp³-hybridized carbons (Fsp3) is 0.360. The first-order valence-electron chi connectivity index (χ1n) is 12.0. The Morgan fingerprint density at radius 3 is 2.46 bits per heavy atom. The molecule has 12 heteroatoms. The van der Waals surface area contributed by atoms with Gasteiger partial charge < -0.3 is 25.2 Å². The van der Waals surface area contributed by atoms with Crippen molar-refractivity contribution in [3.63, 3.8) is 0 Å². The predicted octanol–water partition coefficient (Wildman–Crippen LogP) is 4.06. The highest BCUT2D eigenvalue weighted by molar-refractivity contribution is 7.89. The van der Waals surface area contributed by atoms with Crippen molar-refractivity contribution in [1.29, 1.82) is 0 Å². The van der Waals surface area contributed by atoms with Crippen LogP contribution < -0.4 is 25.0 Å². The molecule has 3 N–H and O–H groups in total. The van der Waals surface area contributed by atoms with Crippen molar-refractivity contribution >= 4 is 50.5 Å². The van der Waals surface area contributed by atoms with Gasteiger partial charge in [-0.1, -0.05) is 23.7 Å². The van der Waals surface area contributed by atoms with Gasteiger partial charge in [0.2, 0.25) is 16.0 Å². The average Bonchev–Trinajstić information content (AvgIpc) is 2.86. The molecule has 0 aliphatic carbocycles. The van der Waals surface area contributed by atoms with E-state index in [0.717, 1.165) is 31.9 Å². The summed E-state index contributed by atoms with van der Waals surface area (Å²) in [5, 5.41) is 6.47. The Morgan fingerprint density at radius 2 is 1.76 bits per heavy atom. The number of likely N-dealkylation sites (N-methyl/N-ethyl adjacent to an activating group) is 1. The Labute approximate surface area is 223 Å². The van der Waals surface area contributed by atoms with Crippen LogP contribution in [0.1, 0.15) is 13.8 Å². The third-order valence-corrected chi connectivity index (χ3v) is 7.86. The molecule has 0 amide bonds. The standard InChI is InChI=1S/C25H32ClN7O3S/c1-17(2)31-37(34,35)23-8-6-5-7-21(23)28-24-19(26)16-27-25(30-24)29-20-10-9-18(15-22(20)36-4)33-13-11-32(3)12-14-33/h5-10,15-17,31H,11-14H2,1-4H3,(H2,27,28,29,30). The number of nitrogens with one attached hydrogen (secondary N) is 3. The Balaban J connectivity index is 1.57. The second kappa shape index (κ2) is 11.5. The number of methoxy groups -OCH3 is 1. The third-order valence-electron chi connectivity index (χ3n) is 5.86. The molecule has 0 atom stereocenters. The molecule has 0 unspecified atom stereocenters. The van der Waals surface area contributed by atoms with Gasteiger partial charge in [-0.05, 0) is 45.2 Å². The smallest absolute Gasteiger partial charge is 0.242 e. The summed E-state index contributed by atoms with van der Waals surface area (Å²) in [5.74, 6) is 1.19. The molecule has 4 rings (SSSR count). The first-order chi connectivity index (χ1) is 17.7. The molecule has 2 aromatic carbocycles. The van der Waals surface area contributed by atoms with Gasteiger partial charge in [-0.2, -0.15) is 4.98 Å². The van der Waals surface area contributed by atoms with Crippen LogP contribution in [-0.2, 0) is 10.0 Å². The van der Waals surface area contributed by atoms with E-state index in [1.807, 2.05) is 18.2 Å². The van der Waals surface area contributed by atoms with Crippen molar-refractivity contribution in [3.05, 3.63) is 53.7 Å². The second-order valence-corrected chi connectivity index (χ2v) is 11.2. The van der Waals surface area contributed by atoms with E-state index in [0.29, 0.717) is 17.1 Å². The van der Waals surface area contributed by atoms with E-state index in [-0.39, 0.29) is 27.7 Å². The van der Waals surface area contributed by atoms with E-state index in [1.54, 1.807) is 39.2 Å². The molecule has 10 nitrogen and oxygen atoms in total. The van der Waals surface area contributed by atoms with Crippen LogP contribution in [0.4, 0.5) is 28.8 Å². The second-order valence-electron chi connectivity index (χ2n) is 9.09. The third kappa shape index (κ3) is 6.61. The maximum Gasteiger partial charge on any atom is 0.242 e. The van der Waals surface area contributed by atoms with Crippen molar-refractivity contribution in [2.75, 3.05) is 55.9 Å². The molecule has 37 heavy (non-hydrogen) atoms. The van der Waals surface area contributed by atoms with Crippen LogP contribution in [0.15, 0.2) is 53.6 Å². The van der Waals surface area contributed by atoms with Crippen LogP contribution >= 0.6 is 11.6 Å². The molecule has 3 aromatic rings. The highest BCUT2D eigenvalue weighted by Crippen LogP contribution is 2.33. The fourth-order valence-electron chi connectivity index (χ4n) is 3.99. The molecular weight excluding hydrogens is 514 g/mol. The predicted molar refractivity (Wildman–Crippen MR) is 148 cm³/mol. The van der Waals surface area contributed by atoms with Crippen molar-refractivity contribution in [2.24, 2.45) is 0 Å². The van der Waals surface area contributed by atoms with Gasteiger partial charge in [-0.15, -0.1) is 0 Å². The first-order valence-corrected chi connectivity index (χ1v) is 13.8. The van der Waals surface area contributed by atoms with Crippen LogP contribution in [0.25, 0.3) is 0 Å². The molecule has 0 radical (unpaired) electrons. The molecule has 0 bridgehead atoms. The average molecular weight is 546 g/mol. The van der Waals surface area contributed by atoms with Crippen molar-refractivity contribution in [1.82, 2.24) is 19.6 Å². The maximum absolute atomic E-state index is 12.8.